The molecule has 0 saturated carbocycles. The van der Waals surface area contributed by atoms with Gasteiger partial charge in [0.2, 0.25) is 0 Å². The van der Waals surface area contributed by atoms with Crippen molar-refractivity contribution >= 4 is 5.97 Å². The number of carboxylic acids is 1. The standard InChI is InChI=1S/C19H31NO4/c1-4-23-17-10-9-15(12-18(17)24-5-2)8-6-7-14(3)11-16(13-20)19(21)22/h9-10,12,14,16H,4-8,11,13,20H2,1-3H3,(H,21,22). The summed E-state index contributed by atoms with van der Waals surface area (Å²) in [7, 11) is 0. The fourth-order valence-electron chi connectivity index (χ4n) is 2.81. The molecule has 1 rings (SSSR count). The lowest BCUT2D eigenvalue weighted by Gasteiger charge is -2.16. The lowest BCUT2D eigenvalue weighted by atomic mass is 9.91. The molecule has 3 N–H and O–H groups in total. The zero-order valence-corrected chi connectivity index (χ0v) is 15.1. The van der Waals surface area contributed by atoms with Gasteiger partial charge in [-0.1, -0.05) is 19.4 Å². The highest BCUT2D eigenvalue weighted by Gasteiger charge is 2.18. The highest BCUT2D eigenvalue weighted by Crippen LogP contribution is 2.29. The van der Waals surface area contributed by atoms with Crippen molar-refractivity contribution in [1.29, 1.82) is 0 Å². The number of hydrogen-bond donors (Lipinski definition) is 2. The van der Waals surface area contributed by atoms with Crippen molar-refractivity contribution in [3.8, 4) is 11.5 Å². The Hall–Kier alpha value is -1.75. The number of rotatable bonds is 12. The third kappa shape index (κ3) is 6.79. The molecule has 0 aliphatic rings. The summed E-state index contributed by atoms with van der Waals surface area (Å²) in [5.41, 5.74) is 6.73. The van der Waals surface area contributed by atoms with Gasteiger partial charge in [0, 0.05) is 6.54 Å². The maximum atomic E-state index is 11.0. The Labute approximate surface area is 145 Å². The number of aryl methyl sites for hydroxylation is 1. The molecule has 2 atom stereocenters. The number of aliphatic carboxylic acids is 1. The molecule has 5 nitrogen and oxygen atoms in total. The second-order valence-corrected chi connectivity index (χ2v) is 6.15. The van der Waals surface area contributed by atoms with E-state index in [4.69, 9.17) is 20.3 Å². The van der Waals surface area contributed by atoms with Crippen molar-refractivity contribution in [2.24, 2.45) is 17.6 Å². The van der Waals surface area contributed by atoms with E-state index in [9.17, 15) is 4.79 Å². The Bertz CT molecular complexity index is 504. The van der Waals surface area contributed by atoms with Gasteiger partial charge in [0.25, 0.3) is 0 Å². The molecule has 0 fully saturated rings. The molecular weight excluding hydrogens is 306 g/mol. The first-order valence-corrected chi connectivity index (χ1v) is 8.83. The average molecular weight is 337 g/mol. The Balaban J connectivity index is 2.52. The predicted molar refractivity (Wildman–Crippen MR) is 95.7 cm³/mol. The molecule has 136 valence electrons. The number of benzene rings is 1. The van der Waals surface area contributed by atoms with E-state index in [2.05, 4.69) is 13.0 Å². The monoisotopic (exact) mass is 337 g/mol. The summed E-state index contributed by atoms with van der Waals surface area (Å²) in [6, 6.07) is 6.07. The van der Waals surface area contributed by atoms with Crippen molar-refractivity contribution in [2.75, 3.05) is 19.8 Å². The van der Waals surface area contributed by atoms with Crippen molar-refractivity contribution in [3.63, 3.8) is 0 Å². The SMILES string of the molecule is CCOc1ccc(CCCC(C)CC(CN)C(=O)O)cc1OCC. The van der Waals surface area contributed by atoms with Crippen LogP contribution in [-0.2, 0) is 11.2 Å². The number of carboxylic acid groups (broad SMARTS) is 1. The van der Waals surface area contributed by atoms with Crippen LogP contribution in [0.15, 0.2) is 18.2 Å². The van der Waals surface area contributed by atoms with Crippen LogP contribution in [0.1, 0.15) is 45.6 Å². The van der Waals surface area contributed by atoms with Crippen molar-refractivity contribution in [1.82, 2.24) is 0 Å². The van der Waals surface area contributed by atoms with Gasteiger partial charge in [-0.25, -0.2) is 0 Å². The Morgan fingerprint density at radius 2 is 1.88 bits per heavy atom. The third-order valence-electron chi connectivity index (χ3n) is 4.09. The van der Waals surface area contributed by atoms with Gasteiger partial charge in [-0.3, -0.25) is 4.79 Å². The molecule has 1 aromatic carbocycles. The molecule has 1 aromatic rings. The van der Waals surface area contributed by atoms with Crippen LogP contribution in [0.5, 0.6) is 11.5 Å². The van der Waals surface area contributed by atoms with E-state index in [0.717, 1.165) is 30.8 Å². The Morgan fingerprint density at radius 3 is 2.46 bits per heavy atom. The van der Waals surface area contributed by atoms with Gasteiger partial charge in [0.05, 0.1) is 19.1 Å². The fourth-order valence-corrected chi connectivity index (χ4v) is 2.81. The smallest absolute Gasteiger partial charge is 0.307 e. The van der Waals surface area contributed by atoms with Crippen LogP contribution in [0.2, 0.25) is 0 Å². The fraction of sp³-hybridized carbons (Fsp3) is 0.632. The number of ether oxygens (including phenoxy) is 2. The lowest BCUT2D eigenvalue weighted by Crippen LogP contribution is -2.25. The molecule has 0 aromatic heterocycles. The molecular formula is C19H31NO4. The van der Waals surface area contributed by atoms with Gasteiger partial charge in [0.15, 0.2) is 11.5 Å². The zero-order chi connectivity index (χ0) is 17.9. The van der Waals surface area contributed by atoms with E-state index < -0.39 is 11.9 Å². The minimum Gasteiger partial charge on any atom is -0.490 e. The minimum atomic E-state index is -0.794. The first-order valence-electron chi connectivity index (χ1n) is 8.83. The molecule has 0 aliphatic carbocycles. The average Bonchev–Trinajstić information content (AvgIpc) is 2.55. The van der Waals surface area contributed by atoms with Crippen LogP contribution in [0.3, 0.4) is 0 Å². The summed E-state index contributed by atoms with van der Waals surface area (Å²) >= 11 is 0. The number of carbonyl (C=O) groups is 1. The van der Waals surface area contributed by atoms with Crippen molar-refractivity contribution < 1.29 is 19.4 Å². The van der Waals surface area contributed by atoms with Gasteiger partial charge in [0.1, 0.15) is 0 Å². The normalized spacial score (nSPS) is 13.3. The summed E-state index contributed by atoms with van der Waals surface area (Å²) in [6.07, 6.45) is 3.58. The van der Waals surface area contributed by atoms with E-state index in [-0.39, 0.29) is 6.54 Å². The molecule has 0 amide bonds. The van der Waals surface area contributed by atoms with E-state index in [1.165, 1.54) is 5.56 Å². The van der Waals surface area contributed by atoms with Gasteiger partial charge < -0.3 is 20.3 Å². The highest BCUT2D eigenvalue weighted by molar-refractivity contribution is 5.70. The Kier molecular flexibility index (Phi) is 9.23. The minimum absolute atomic E-state index is 0.205. The van der Waals surface area contributed by atoms with Crippen molar-refractivity contribution in [3.05, 3.63) is 23.8 Å². The maximum Gasteiger partial charge on any atom is 0.307 e. The summed E-state index contributed by atoms with van der Waals surface area (Å²) in [5.74, 6) is 0.693. The first-order chi connectivity index (χ1) is 11.5. The maximum absolute atomic E-state index is 11.0. The van der Waals surface area contributed by atoms with Crippen LogP contribution in [0.25, 0.3) is 0 Å². The lowest BCUT2D eigenvalue weighted by molar-refractivity contribution is -0.141. The summed E-state index contributed by atoms with van der Waals surface area (Å²) < 4.78 is 11.2. The second kappa shape index (κ2) is 10.9. The number of nitrogens with two attached hydrogens (primary N) is 1. The first kappa shape index (κ1) is 20.3. The van der Waals surface area contributed by atoms with E-state index in [0.29, 0.717) is 25.6 Å². The van der Waals surface area contributed by atoms with Gasteiger partial charge in [-0.2, -0.15) is 0 Å². The summed E-state index contributed by atoms with van der Waals surface area (Å²) in [5, 5.41) is 9.07. The predicted octanol–water partition coefficient (Wildman–Crippen LogP) is 3.49. The van der Waals surface area contributed by atoms with Crippen LogP contribution in [-0.4, -0.2) is 30.8 Å². The van der Waals surface area contributed by atoms with Crippen LogP contribution >= 0.6 is 0 Å². The largest absolute Gasteiger partial charge is 0.490 e. The van der Waals surface area contributed by atoms with Crippen LogP contribution < -0.4 is 15.2 Å². The van der Waals surface area contributed by atoms with Gasteiger partial charge in [-0.15, -0.1) is 0 Å². The Morgan fingerprint density at radius 1 is 1.21 bits per heavy atom. The molecule has 0 bridgehead atoms. The number of hydrogen-bond acceptors (Lipinski definition) is 4. The van der Waals surface area contributed by atoms with E-state index in [1.54, 1.807) is 0 Å². The summed E-state index contributed by atoms with van der Waals surface area (Å²) in [4.78, 5) is 11.0. The van der Waals surface area contributed by atoms with Crippen molar-refractivity contribution in [2.45, 2.75) is 46.5 Å². The van der Waals surface area contributed by atoms with E-state index in [1.807, 2.05) is 26.0 Å². The second-order valence-electron chi connectivity index (χ2n) is 6.15. The molecule has 0 radical (unpaired) electrons. The van der Waals surface area contributed by atoms with Gasteiger partial charge >= 0.3 is 5.97 Å². The molecule has 5 heteroatoms. The molecule has 0 saturated heterocycles. The van der Waals surface area contributed by atoms with Crippen LogP contribution in [0.4, 0.5) is 0 Å². The molecule has 0 spiro atoms. The van der Waals surface area contributed by atoms with E-state index >= 15 is 0 Å². The molecule has 0 aliphatic heterocycles. The highest BCUT2D eigenvalue weighted by atomic mass is 16.5. The van der Waals surface area contributed by atoms with Crippen LogP contribution in [0, 0.1) is 11.8 Å². The zero-order valence-electron chi connectivity index (χ0n) is 15.1. The quantitative estimate of drug-likeness (QED) is 0.610. The third-order valence-corrected chi connectivity index (χ3v) is 4.09. The molecule has 2 unspecified atom stereocenters. The molecule has 24 heavy (non-hydrogen) atoms. The summed E-state index contributed by atoms with van der Waals surface area (Å²) in [6.45, 7) is 7.43. The molecule has 0 heterocycles. The topological polar surface area (TPSA) is 81.8 Å². The van der Waals surface area contributed by atoms with Gasteiger partial charge in [-0.05, 0) is 56.7 Å².